The molecule has 0 atom stereocenters. The fraction of sp³-hybridized carbons (Fsp3) is 0. The van der Waals surface area contributed by atoms with Crippen LogP contribution in [-0.4, -0.2) is 15.0 Å². The summed E-state index contributed by atoms with van der Waals surface area (Å²) in [5, 5.41) is 0.335. The Kier molecular flexibility index (Phi) is 1.76. The lowest BCUT2D eigenvalue weighted by atomic mass is 10.3. The van der Waals surface area contributed by atoms with Crippen LogP contribution in [0.3, 0.4) is 0 Å². The molecule has 0 aliphatic carbocycles. The van der Waals surface area contributed by atoms with E-state index in [1.54, 1.807) is 18.5 Å². The van der Waals surface area contributed by atoms with E-state index in [-0.39, 0.29) is 0 Å². The highest BCUT2D eigenvalue weighted by molar-refractivity contribution is 6.31. The second-order valence-electron chi connectivity index (χ2n) is 3.09. The fourth-order valence-corrected chi connectivity index (χ4v) is 1.65. The quantitative estimate of drug-likeness (QED) is 0.685. The SMILES string of the molecule is Clc1occc1-c1nc2ccncc2[nH]1. The molecule has 4 nitrogen and oxygen atoms in total. The summed E-state index contributed by atoms with van der Waals surface area (Å²) in [7, 11) is 0. The Balaban J connectivity index is 2.24. The summed E-state index contributed by atoms with van der Waals surface area (Å²) in [4.78, 5) is 11.5. The van der Waals surface area contributed by atoms with Crippen molar-refractivity contribution in [1.82, 2.24) is 15.0 Å². The molecule has 3 aromatic rings. The highest BCUT2D eigenvalue weighted by Gasteiger charge is 2.10. The zero-order valence-corrected chi connectivity index (χ0v) is 8.32. The van der Waals surface area contributed by atoms with E-state index in [0.717, 1.165) is 16.6 Å². The Bertz CT molecular complexity index is 581. The van der Waals surface area contributed by atoms with Gasteiger partial charge in [-0.15, -0.1) is 0 Å². The van der Waals surface area contributed by atoms with E-state index in [9.17, 15) is 0 Å². The minimum atomic E-state index is 0.335. The van der Waals surface area contributed by atoms with Gasteiger partial charge in [0.15, 0.2) is 0 Å². The lowest BCUT2D eigenvalue weighted by Gasteiger charge is -1.88. The topological polar surface area (TPSA) is 54.7 Å². The number of imidazole rings is 1. The van der Waals surface area contributed by atoms with Gasteiger partial charge in [0.25, 0.3) is 0 Å². The number of nitrogens with one attached hydrogen (secondary N) is 1. The summed E-state index contributed by atoms with van der Waals surface area (Å²) < 4.78 is 5.00. The number of pyridine rings is 1. The summed E-state index contributed by atoms with van der Waals surface area (Å²) in [6.45, 7) is 0. The number of nitrogens with zero attached hydrogens (tertiary/aromatic N) is 2. The van der Waals surface area contributed by atoms with Crippen molar-refractivity contribution in [1.29, 1.82) is 0 Å². The van der Waals surface area contributed by atoms with Crippen LogP contribution in [-0.2, 0) is 0 Å². The van der Waals surface area contributed by atoms with Gasteiger partial charge >= 0.3 is 0 Å². The molecule has 0 aliphatic rings. The number of hydrogen-bond donors (Lipinski definition) is 1. The molecule has 0 unspecified atom stereocenters. The molecule has 0 fully saturated rings. The Morgan fingerprint density at radius 2 is 2.27 bits per heavy atom. The molecule has 1 N–H and O–H groups in total. The third kappa shape index (κ3) is 1.30. The van der Waals surface area contributed by atoms with Crippen LogP contribution in [0.5, 0.6) is 0 Å². The predicted octanol–water partition coefficient (Wildman–Crippen LogP) is 2.87. The highest BCUT2D eigenvalue weighted by Crippen LogP contribution is 2.27. The van der Waals surface area contributed by atoms with Crippen LogP contribution in [0.25, 0.3) is 22.4 Å². The maximum atomic E-state index is 5.86. The molecule has 0 bridgehead atoms. The van der Waals surface area contributed by atoms with Crippen LogP contribution in [0, 0.1) is 0 Å². The van der Waals surface area contributed by atoms with Crippen molar-refractivity contribution >= 4 is 22.6 Å². The van der Waals surface area contributed by atoms with Crippen molar-refractivity contribution in [3.63, 3.8) is 0 Å². The molecule has 74 valence electrons. The van der Waals surface area contributed by atoms with Gasteiger partial charge < -0.3 is 9.40 Å². The summed E-state index contributed by atoms with van der Waals surface area (Å²) in [5.74, 6) is 0.691. The Hall–Kier alpha value is -1.81. The third-order valence-corrected chi connectivity index (χ3v) is 2.45. The van der Waals surface area contributed by atoms with Crippen LogP contribution >= 0.6 is 11.6 Å². The van der Waals surface area contributed by atoms with E-state index in [2.05, 4.69) is 15.0 Å². The molecule has 0 amide bonds. The summed E-state index contributed by atoms with van der Waals surface area (Å²) in [5.41, 5.74) is 2.50. The second kappa shape index (κ2) is 3.10. The fourth-order valence-electron chi connectivity index (χ4n) is 1.45. The predicted molar refractivity (Wildman–Crippen MR) is 56.6 cm³/mol. The largest absolute Gasteiger partial charge is 0.452 e. The normalized spacial score (nSPS) is 11.0. The van der Waals surface area contributed by atoms with E-state index in [0.29, 0.717) is 11.0 Å². The number of aromatic nitrogens is 3. The van der Waals surface area contributed by atoms with Crippen LogP contribution in [0.4, 0.5) is 0 Å². The van der Waals surface area contributed by atoms with Gasteiger partial charge in [0.2, 0.25) is 5.22 Å². The van der Waals surface area contributed by atoms with Gasteiger partial charge in [-0.05, 0) is 23.7 Å². The lowest BCUT2D eigenvalue weighted by Crippen LogP contribution is -1.76. The molecule has 0 radical (unpaired) electrons. The van der Waals surface area contributed by atoms with E-state index in [1.165, 1.54) is 6.26 Å². The molecule has 3 rings (SSSR count). The van der Waals surface area contributed by atoms with Gasteiger partial charge in [0.05, 0.1) is 29.1 Å². The number of rotatable bonds is 1. The number of halogens is 1. The Morgan fingerprint density at radius 3 is 3.00 bits per heavy atom. The molecule has 0 aliphatic heterocycles. The first-order chi connectivity index (χ1) is 7.34. The molecule has 5 heteroatoms. The first-order valence-corrected chi connectivity index (χ1v) is 4.75. The van der Waals surface area contributed by atoms with Crippen molar-refractivity contribution < 1.29 is 4.42 Å². The van der Waals surface area contributed by atoms with Crippen molar-refractivity contribution in [2.75, 3.05) is 0 Å². The number of fused-ring (bicyclic) bond motifs is 1. The van der Waals surface area contributed by atoms with Gasteiger partial charge in [-0.3, -0.25) is 4.98 Å². The van der Waals surface area contributed by atoms with Gasteiger partial charge in [-0.1, -0.05) is 0 Å². The first kappa shape index (κ1) is 8.49. The maximum Gasteiger partial charge on any atom is 0.203 e. The minimum Gasteiger partial charge on any atom is -0.452 e. The standard InChI is InChI=1S/C10H6ClN3O/c11-9-6(2-4-15-9)10-13-7-1-3-12-5-8(7)14-10/h1-5H,(H,13,14). The third-order valence-electron chi connectivity index (χ3n) is 2.16. The monoisotopic (exact) mass is 219 g/mol. The summed E-state index contributed by atoms with van der Waals surface area (Å²) in [6, 6.07) is 3.61. The van der Waals surface area contributed by atoms with Crippen molar-refractivity contribution in [2.45, 2.75) is 0 Å². The molecular formula is C10H6ClN3O. The maximum absolute atomic E-state index is 5.86. The van der Waals surface area contributed by atoms with E-state index in [4.69, 9.17) is 16.0 Å². The van der Waals surface area contributed by atoms with Crippen LogP contribution in [0.1, 0.15) is 0 Å². The number of H-pyrrole nitrogens is 1. The molecule has 15 heavy (non-hydrogen) atoms. The molecule has 0 saturated heterocycles. The zero-order chi connectivity index (χ0) is 10.3. The lowest BCUT2D eigenvalue weighted by molar-refractivity contribution is 0.570. The molecule has 3 heterocycles. The van der Waals surface area contributed by atoms with Crippen LogP contribution in [0.15, 0.2) is 35.2 Å². The zero-order valence-electron chi connectivity index (χ0n) is 7.57. The van der Waals surface area contributed by atoms with Crippen LogP contribution in [0.2, 0.25) is 5.22 Å². The minimum absolute atomic E-state index is 0.335. The average molecular weight is 220 g/mol. The van der Waals surface area contributed by atoms with Gasteiger partial charge in [-0.25, -0.2) is 4.98 Å². The van der Waals surface area contributed by atoms with Crippen LogP contribution < -0.4 is 0 Å². The number of furan rings is 1. The highest BCUT2D eigenvalue weighted by atomic mass is 35.5. The van der Waals surface area contributed by atoms with E-state index in [1.807, 2.05) is 6.07 Å². The molecule has 3 aromatic heterocycles. The van der Waals surface area contributed by atoms with E-state index >= 15 is 0 Å². The van der Waals surface area contributed by atoms with Gasteiger partial charge in [0.1, 0.15) is 5.82 Å². The Morgan fingerprint density at radius 1 is 1.33 bits per heavy atom. The molecular weight excluding hydrogens is 214 g/mol. The smallest absolute Gasteiger partial charge is 0.203 e. The Labute approximate surface area is 89.9 Å². The van der Waals surface area contributed by atoms with E-state index < -0.39 is 0 Å². The van der Waals surface area contributed by atoms with Crippen molar-refractivity contribution in [2.24, 2.45) is 0 Å². The first-order valence-electron chi connectivity index (χ1n) is 4.38. The molecule has 0 spiro atoms. The summed E-state index contributed by atoms with van der Waals surface area (Å²) >= 11 is 5.86. The molecule has 0 aromatic carbocycles. The van der Waals surface area contributed by atoms with Gasteiger partial charge in [0, 0.05) is 6.20 Å². The number of aromatic amines is 1. The van der Waals surface area contributed by atoms with Crippen molar-refractivity contribution in [3.05, 3.63) is 36.0 Å². The van der Waals surface area contributed by atoms with Crippen molar-refractivity contribution in [3.8, 4) is 11.4 Å². The average Bonchev–Trinajstić information content (AvgIpc) is 2.82. The summed E-state index contributed by atoms with van der Waals surface area (Å²) in [6.07, 6.45) is 4.95. The number of hydrogen-bond acceptors (Lipinski definition) is 3. The second-order valence-corrected chi connectivity index (χ2v) is 3.43. The van der Waals surface area contributed by atoms with Gasteiger partial charge in [-0.2, -0.15) is 0 Å². The molecule has 0 saturated carbocycles.